The first kappa shape index (κ1) is 28.6. The number of hydrogen-bond donors (Lipinski definition) is 0. The highest BCUT2D eigenvalue weighted by Crippen LogP contribution is 2.12. The summed E-state index contributed by atoms with van der Waals surface area (Å²) in [7, 11) is 0. The van der Waals surface area contributed by atoms with Crippen molar-refractivity contribution in [2.45, 2.75) is 81.1 Å². The van der Waals surface area contributed by atoms with E-state index < -0.39 is 0 Å². The van der Waals surface area contributed by atoms with E-state index in [0.717, 1.165) is 0 Å². The number of nitrogens with zero attached hydrogens (tertiary/aromatic N) is 2. The Morgan fingerprint density at radius 1 is 0.417 bits per heavy atom. The van der Waals surface area contributed by atoms with Gasteiger partial charge in [0.1, 0.15) is 0 Å². The molecule has 0 aliphatic rings. The zero-order valence-electron chi connectivity index (χ0n) is 18.2. The third kappa shape index (κ3) is 12.2. The molecule has 0 radical (unpaired) electrons. The van der Waals surface area contributed by atoms with Crippen LogP contribution in [0.4, 0.5) is 0 Å². The quantitative estimate of drug-likeness (QED) is 0.309. The molecule has 24 heavy (non-hydrogen) atoms. The minimum atomic E-state index is 1.28. The summed E-state index contributed by atoms with van der Waals surface area (Å²) in [6, 6.07) is 0. The number of quaternary nitrogens is 2. The van der Waals surface area contributed by atoms with Gasteiger partial charge in [0, 0.05) is 0 Å². The second-order valence-corrected chi connectivity index (χ2v) is 6.84. The molecule has 0 unspecified atom stereocenters. The Bertz CT molecular complexity index is 185. The van der Waals surface area contributed by atoms with Gasteiger partial charge in [-0.2, -0.15) is 0 Å². The van der Waals surface area contributed by atoms with Crippen molar-refractivity contribution in [1.82, 2.24) is 0 Å². The summed E-state index contributed by atoms with van der Waals surface area (Å²) in [4.78, 5) is 0. The number of rotatable bonds is 12. The Morgan fingerprint density at radius 2 is 0.625 bits per heavy atom. The summed E-state index contributed by atoms with van der Waals surface area (Å²) in [5, 5.41) is 14.0. The van der Waals surface area contributed by atoms with Crippen molar-refractivity contribution in [3.05, 3.63) is 0 Å². The molecule has 4 heteroatoms. The van der Waals surface area contributed by atoms with Gasteiger partial charge in [0.2, 0.25) is 0 Å². The van der Waals surface area contributed by atoms with Gasteiger partial charge in [0.25, 0.3) is 0 Å². The average Bonchev–Trinajstić information content (AvgIpc) is 2.61. The molecular weight excluding hydrogens is 300 g/mol. The van der Waals surface area contributed by atoms with E-state index in [2.05, 4.69) is 55.4 Å². The lowest BCUT2D eigenvalue weighted by atomic mass is 10.2. The van der Waals surface area contributed by atoms with Crippen molar-refractivity contribution in [1.29, 1.82) is 0 Å². The van der Waals surface area contributed by atoms with E-state index in [0.29, 0.717) is 0 Å². The molecule has 0 fully saturated rings. The molecule has 0 aliphatic heterocycles. The van der Waals surface area contributed by atoms with Crippen molar-refractivity contribution < 1.29 is 19.5 Å². The highest BCUT2D eigenvalue weighted by Gasteiger charge is 2.22. The lowest BCUT2D eigenvalue weighted by molar-refractivity contribution is -1.00. The largest absolute Gasteiger partial charge is 1.00 e. The molecule has 0 rings (SSSR count). The Labute approximate surface area is 153 Å². The van der Waals surface area contributed by atoms with Crippen LogP contribution in [0.1, 0.15) is 81.1 Å². The summed E-state index contributed by atoms with van der Waals surface area (Å²) >= 11 is 0. The van der Waals surface area contributed by atoms with Gasteiger partial charge < -0.3 is 19.5 Å². The first-order valence-electron chi connectivity index (χ1n) is 10.4. The highest BCUT2D eigenvalue weighted by molar-refractivity contribution is 4.44. The van der Waals surface area contributed by atoms with Crippen LogP contribution < -0.4 is 10.5 Å². The molecule has 0 saturated carbocycles. The minimum absolute atomic E-state index is 1.28. The van der Waals surface area contributed by atoms with Crippen LogP contribution >= 0.6 is 0 Å². The topological polar surface area (TPSA) is 46.1 Å². The molecule has 0 aromatic carbocycles. The van der Waals surface area contributed by atoms with Gasteiger partial charge >= 0.3 is 0 Å². The normalized spacial score (nSPS) is 11.2. The van der Waals surface area contributed by atoms with E-state index in [-0.39, 0.29) is 0 Å². The predicted molar refractivity (Wildman–Crippen MR) is 103 cm³/mol. The van der Waals surface area contributed by atoms with Crippen LogP contribution in [-0.2, 0) is 0 Å². The van der Waals surface area contributed by atoms with E-state index in [9.17, 15) is 0 Å². The SMILES string of the molecule is CCC[N+](CCC)(CCC)CCC.CC[N+](CC)(CC)CC.[O-][O-]. The smallest absolute Gasteiger partial charge is 0.0783 e. The summed E-state index contributed by atoms with van der Waals surface area (Å²) in [5.41, 5.74) is 0. The molecule has 0 N–H and O–H groups in total. The van der Waals surface area contributed by atoms with Crippen LogP contribution in [0, 0.1) is 0 Å². The lowest BCUT2D eigenvalue weighted by Gasteiger charge is -2.38. The first-order chi connectivity index (χ1) is 11.5. The van der Waals surface area contributed by atoms with Crippen molar-refractivity contribution in [3.63, 3.8) is 0 Å². The lowest BCUT2D eigenvalue weighted by Crippen LogP contribution is -2.50. The molecule has 0 aliphatic carbocycles. The maximum absolute atomic E-state index is 7.00. The van der Waals surface area contributed by atoms with Crippen LogP contribution in [-0.4, -0.2) is 61.3 Å². The Kier molecular flexibility index (Phi) is 22.9. The van der Waals surface area contributed by atoms with Crippen molar-refractivity contribution in [3.8, 4) is 0 Å². The maximum atomic E-state index is 7.00. The molecule has 4 nitrogen and oxygen atoms in total. The van der Waals surface area contributed by atoms with Gasteiger partial charge in [0.05, 0.1) is 52.4 Å². The highest BCUT2D eigenvalue weighted by atomic mass is 17.0. The van der Waals surface area contributed by atoms with Crippen molar-refractivity contribution in [2.75, 3.05) is 52.4 Å². The van der Waals surface area contributed by atoms with Crippen molar-refractivity contribution >= 4 is 0 Å². The summed E-state index contributed by atoms with van der Waals surface area (Å²) < 4.78 is 2.65. The van der Waals surface area contributed by atoms with Crippen LogP contribution in [0.2, 0.25) is 0 Å². The van der Waals surface area contributed by atoms with Crippen LogP contribution in [0.5, 0.6) is 0 Å². The Hall–Kier alpha value is -0.160. The minimum Gasteiger partial charge on any atom is -1.00 e. The molecular formula is C20H48N2O2. The van der Waals surface area contributed by atoms with Crippen LogP contribution in [0.3, 0.4) is 0 Å². The summed E-state index contributed by atoms with van der Waals surface area (Å²) in [6.07, 6.45) is 5.33. The third-order valence-electron chi connectivity index (χ3n) is 5.48. The second kappa shape index (κ2) is 19.2. The zero-order chi connectivity index (χ0) is 19.5. The molecule has 0 amide bonds. The van der Waals surface area contributed by atoms with Gasteiger partial charge in [-0.1, -0.05) is 27.7 Å². The fraction of sp³-hybridized carbons (Fsp3) is 1.00. The monoisotopic (exact) mass is 348 g/mol. The Balaban J connectivity index is -0.000000351. The first-order valence-corrected chi connectivity index (χ1v) is 10.4. The van der Waals surface area contributed by atoms with Gasteiger partial charge in [-0.15, -0.1) is 0 Å². The number of hydrogen-bond acceptors (Lipinski definition) is 2. The van der Waals surface area contributed by atoms with Crippen molar-refractivity contribution in [2.24, 2.45) is 0 Å². The van der Waals surface area contributed by atoms with E-state index >= 15 is 0 Å². The molecule has 0 bridgehead atoms. The van der Waals surface area contributed by atoms with Crippen LogP contribution in [0.25, 0.3) is 0 Å². The molecule has 0 saturated heterocycles. The van der Waals surface area contributed by atoms with Gasteiger partial charge in [0.15, 0.2) is 0 Å². The fourth-order valence-corrected chi connectivity index (χ4v) is 3.91. The maximum Gasteiger partial charge on any atom is 0.0783 e. The molecule has 0 aromatic heterocycles. The van der Waals surface area contributed by atoms with E-state index in [1.807, 2.05) is 0 Å². The average molecular weight is 349 g/mol. The zero-order valence-corrected chi connectivity index (χ0v) is 18.2. The summed E-state index contributed by atoms with van der Waals surface area (Å²) in [6.45, 7) is 29.0. The molecule has 0 atom stereocenters. The van der Waals surface area contributed by atoms with E-state index in [1.165, 1.54) is 87.0 Å². The molecule has 0 spiro atoms. The van der Waals surface area contributed by atoms with Gasteiger partial charge in [-0.25, -0.2) is 0 Å². The molecule has 150 valence electrons. The van der Waals surface area contributed by atoms with Gasteiger partial charge in [-0.3, -0.25) is 0 Å². The molecule has 0 aromatic rings. The van der Waals surface area contributed by atoms with E-state index in [4.69, 9.17) is 10.5 Å². The predicted octanol–water partition coefficient (Wildman–Crippen LogP) is 2.95. The van der Waals surface area contributed by atoms with Gasteiger partial charge in [-0.05, 0) is 53.4 Å². The van der Waals surface area contributed by atoms with Crippen LogP contribution in [0.15, 0.2) is 0 Å². The second-order valence-electron chi connectivity index (χ2n) is 6.84. The molecule has 0 heterocycles. The van der Waals surface area contributed by atoms with E-state index in [1.54, 1.807) is 0 Å². The Morgan fingerprint density at radius 3 is 0.708 bits per heavy atom. The summed E-state index contributed by atoms with van der Waals surface area (Å²) in [5.74, 6) is 0. The third-order valence-corrected chi connectivity index (χ3v) is 5.48. The fourth-order valence-electron chi connectivity index (χ4n) is 3.91. The standard InChI is InChI=1S/C12H28N.C8H20N.O2/c1-5-9-13(10-6-2,11-7-3)12-8-4;1-5-9(6-2,7-3)8-4;1-2/h5-12H2,1-4H3;5-8H2,1-4H3;/q2*+1;-2.